The Morgan fingerprint density at radius 1 is 1.37 bits per heavy atom. The standard InChI is InChI=1S/C11H9F3N4O/c12-11(13,14)9-6-7(18-5-1-4-16-18)2-3-8(9)10(15)17-19/h1-6,19H,(H2,15,17). The van der Waals surface area contributed by atoms with Crippen molar-refractivity contribution in [1.29, 1.82) is 0 Å². The van der Waals surface area contributed by atoms with E-state index < -0.39 is 17.6 Å². The molecule has 0 aliphatic heterocycles. The number of hydrogen-bond acceptors (Lipinski definition) is 3. The summed E-state index contributed by atoms with van der Waals surface area (Å²) >= 11 is 0. The molecule has 1 aromatic carbocycles. The van der Waals surface area contributed by atoms with E-state index in [9.17, 15) is 13.2 Å². The first-order chi connectivity index (χ1) is 8.93. The summed E-state index contributed by atoms with van der Waals surface area (Å²) in [6.45, 7) is 0. The Bertz CT molecular complexity index is 605. The number of halogens is 3. The van der Waals surface area contributed by atoms with Crippen LogP contribution in [-0.2, 0) is 6.18 Å². The molecule has 2 aromatic rings. The van der Waals surface area contributed by atoms with Crippen molar-refractivity contribution in [3.63, 3.8) is 0 Å². The zero-order chi connectivity index (χ0) is 14.0. The molecule has 0 aliphatic carbocycles. The Labute approximate surface area is 105 Å². The average molecular weight is 270 g/mol. The summed E-state index contributed by atoms with van der Waals surface area (Å²) in [4.78, 5) is 0. The number of benzene rings is 1. The largest absolute Gasteiger partial charge is 0.417 e. The quantitative estimate of drug-likeness (QED) is 0.379. The predicted molar refractivity (Wildman–Crippen MR) is 61.1 cm³/mol. The van der Waals surface area contributed by atoms with Crippen molar-refractivity contribution >= 4 is 5.84 Å². The molecule has 19 heavy (non-hydrogen) atoms. The van der Waals surface area contributed by atoms with E-state index >= 15 is 0 Å². The van der Waals surface area contributed by atoms with E-state index in [0.717, 1.165) is 12.1 Å². The van der Waals surface area contributed by atoms with Gasteiger partial charge >= 0.3 is 6.18 Å². The molecule has 0 unspecified atom stereocenters. The summed E-state index contributed by atoms with van der Waals surface area (Å²) in [5.41, 5.74) is 4.09. The van der Waals surface area contributed by atoms with Crippen LogP contribution in [0.5, 0.6) is 0 Å². The molecule has 1 heterocycles. The molecule has 5 nitrogen and oxygen atoms in total. The molecule has 0 aliphatic rings. The van der Waals surface area contributed by atoms with Crippen LogP contribution in [0.15, 0.2) is 41.8 Å². The maximum absolute atomic E-state index is 12.9. The second-order valence-corrected chi connectivity index (χ2v) is 3.66. The van der Waals surface area contributed by atoms with E-state index in [1.165, 1.54) is 23.1 Å². The van der Waals surface area contributed by atoms with Crippen molar-refractivity contribution in [3.8, 4) is 5.69 Å². The van der Waals surface area contributed by atoms with Crippen molar-refractivity contribution in [2.24, 2.45) is 10.9 Å². The molecular weight excluding hydrogens is 261 g/mol. The lowest BCUT2D eigenvalue weighted by Crippen LogP contribution is -2.20. The van der Waals surface area contributed by atoms with Crippen LogP contribution in [0.25, 0.3) is 5.69 Å². The Morgan fingerprint density at radius 2 is 2.11 bits per heavy atom. The van der Waals surface area contributed by atoms with Gasteiger partial charge in [0.1, 0.15) is 0 Å². The third-order valence-electron chi connectivity index (χ3n) is 2.46. The summed E-state index contributed by atoms with van der Waals surface area (Å²) in [6.07, 6.45) is -1.66. The number of nitrogens with zero attached hydrogens (tertiary/aromatic N) is 3. The topological polar surface area (TPSA) is 76.4 Å². The van der Waals surface area contributed by atoms with Gasteiger partial charge in [-0.05, 0) is 24.3 Å². The average Bonchev–Trinajstić information content (AvgIpc) is 2.90. The SMILES string of the molecule is N/C(=N\O)c1ccc(-n2cccn2)cc1C(F)(F)F. The number of oxime groups is 1. The van der Waals surface area contributed by atoms with Crippen molar-refractivity contribution in [3.05, 3.63) is 47.8 Å². The van der Waals surface area contributed by atoms with Crippen LogP contribution in [0, 0.1) is 0 Å². The third kappa shape index (κ3) is 2.51. The molecule has 0 saturated heterocycles. The van der Waals surface area contributed by atoms with Crippen LogP contribution in [0.3, 0.4) is 0 Å². The van der Waals surface area contributed by atoms with Crippen molar-refractivity contribution in [1.82, 2.24) is 9.78 Å². The lowest BCUT2D eigenvalue weighted by molar-refractivity contribution is -0.137. The first-order valence-electron chi connectivity index (χ1n) is 5.12. The van der Waals surface area contributed by atoms with E-state index in [1.54, 1.807) is 6.07 Å². The number of amidine groups is 1. The highest BCUT2D eigenvalue weighted by Crippen LogP contribution is 2.33. The fourth-order valence-corrected chi connectivity index (χ4v) is 1.61. The van der Waals surface area contributed by atoms with Crippen molar-refractivity contribution in [2.45, 2.75) is 6.18 Å². The summed E-state index contributed by atoms with van der Waals surface area (Å²) in [5.74, 6) is -0.598. The molecule has 0 fully saturated rings. The van der Waals surface area contributed by atoms with Crippen LogP contribution >= 0.6 is 0 Å². The van der Waals surface area contributed by atoms with Gasteiger partial charge in [0, 0.05) is 18.0 Å². The molecule has 2 rings (SSSR count). The molecule has 3 N–H and O–H groups in total. The second-order valence-electron chi connectivity index (χ2n) is 3.66. The molecule has 0 atom stereocenters. The van der Waals surface area contributed by atoms with E-state index in [4.69, 9.17) is 10.9 Å². The zero-order valence-electron chi connectivity index (χ0n) is 9.46. The maximum atomic E-state index is 12.9. The molecule has 1 aromatic heterocycles. The highest BCUT2D eigenvalue weighted by Gasteiger charge is 2.34. The van der Waals surface area contributed by atoms with Gasteiger partial charge in [0.2, 0.25) is 0 Å². The minimum absolute atomic E-state index is 0.229. The lowest BCUT2D eigenvalue weighted by Gasteiger charge is -2.13. The predicted octanol–water partition coefficient (Wildman–Crippen LogP) is 1.99. The normalized spacial score (nSPS) is 12.7. The monoisotopic (exact) mass is 270 g/mol. The van der Waals surface area contributed by atoms with Gasteiger partial charge in [-0.25, -0.2) is 4.68 Å². The summed E-state index contributed by atoms with van der Waals surface area (Å²) in [6, 6.07) is 5.01. The Kier molecular flexibility index (Phi) is 3.16. The Balaban J connectivity index is 2.61. The number of rotatable bonds is 2. The minimum Gasteiger partial charge on any atom is -0.409 e. The molecular formula is C11H9F3N4O. The van der Waals surface area contributed by atoms with E-state index in [2.05, 4.69) is 10.3 Å². The number of hydrogen-bond donors (Lipinski definition) is 2. The van der Waals surface area contributed by atoms with Crippen LogP contribution in [0.2, 0.25) is 0 Å². The highest BCUT2D eigenvalue weighted by atomic mass is 19.4. The lowest BCUT2D eigenvalue weighted by atomic mass is 10.1. The van der Waals surface area contributed by atoms with Gasteiger partial charge in [0.15, 0.2) is 5.84 Å². The fourth-order valence-electron chi connectivity index (χ4n) is 1.61. The van der Waals surface area contributed by atoms with E-state index in [1.807, 2.05) is 0 Å². The number of alkyl halides is 3. The van der Waals surface area contributed by atoms with Crippen LogP contribution in [0.4, 0.5) is 13.2 Å². The van der Waals surface area contributed by atoms with Gasteiger partial charge in [-0.15, -0.1) is 0 Å². The highest BCUT2D eigenvalue weighted by molar-refractivity contribution is 5.98. The molecule has 0 spiro atoms. The number of aromatic nitrogens is 2. The van der Waals surface area contributed by atoms with Crippen LogP contribution in [0.1, 0.15) is 11.1 Å². The summed E-state index contributed by atoms with van der Waals surface area (Å²) < 4.78 is 40.1. The Hall–Kier alpha value is -2.51. The third-order valence-corrected chi connectivity index (χ3v) is 2.46. The number of nitrogens with two attached hydrogens (primary N) is 1. The van der Waals surface area contributed by atoms with Gasteiger partial charge in [0.05, 0.1) is 11.3 Å². The van der Waals surface area contributed by atoms with Gasteiger partial charge in [0.25, 0.3) is 0 Å². The van der Waals surface area contributed by atoms with Gasteiger partial charge in [-0.1, -0.05) is 5.16 Å². The first-order valence-corrected chi connectivity index (χ1v) is 5.12. The van der Waals surface area contributed by atoms with Crippen molar-refractivity contribution < 1.29 is 18.4 Å². The van der Waals surface area contributed by atoms with Crippen LogP contribution in [-0.4, -0.2) is 20.8 Å². The molecule has 0 amide bonds. The van der Waals surface area contributed by atoms with E-state index in [0.29, 0.717) is 0 Å². The first kappa shape index (κ1) is 12.9. The second kappa shape index (κ2) is 4.63. The van der Waals surface area contributed by atoms with Gasteiger partial charge in [-0.2, -0.15) is 18.3 Å². The summed E-state index contributed by atoms with van der Waals surface area (Å²) in [5, 5.41) is 14.9. The fraction of sp³-hybridized carbons (Fsp3) is 0.0909. The molecule has 8 heteroatoms. The minimum atomic E-state index is -4.62. The molecule has 0 bridgehead atoms. The molecule has 0 saturated carbocycles. The van der Waals surface area contributed by atoms with Crippen molar-refractivity contribution in [2.75, 3.05) is 0 Å². The van der Waals surface area contributed by atoms with E-state index in [-0.39, 0.29) is 11.3 Å². The molecule has 0 radical (unpaired) electrons. The summed E-state index contributed by atoms with van der Waals surface area (Å²) in [7, 11) is 0. The Morgan fingerprint density at radius 3 is 2.63 bits per heavy atom. The molecule has 100 valence electrons. The maximum Gasteiger partial charge on any atom is 0.417 e. The van der Waals surface area contributed by atoms with Gasteiger partial charge in [-0.3, -0.25) is 0 Å². The van der Waals surface area contributed by atoms with Crippen LogP contribution < -0.4 is 5.73 Å². The zero-order valence-corrected chi connectivity index (χ0v) is 9.46. The van der Waals surface area contributed by atoms with Gasteiger partial charge < -0.3 is 10.9 Å². The smallest absolute Gasteiger partial charge is 0.409 e.